The van der Waals surface area contributed by atoms with Gasteiger partial charge in [-0.25, -0.2) is 9.59 Å². The first-order valence-electron chi connectivity index (χ1n) is 10.1. The summed E-state index contributed by atoms with van der Waals surface area (Å²) in [4.78, 5) is 25.9. The molecule has 1 aromatic heterocycles. The second-order valence-corrected chi connectivity index (χ2v) is 7.01. The minimum atomic E-state index is -0.699. The fraction of sp³-hybridized carbons (Fsp3) is 0.348. The number of hydrogen-bond donors (Lipinski definition) is 2. The molecule has 2 aromatic rings. The minimum absolute atomic E-state index is 0.219. The molecule has 8 nitrogen and oxygen atoms in total. The van der Waals surface area contributed by atoms with Crippen LogP contribution in [0, 0.1) is 0 Å². The first-order valence-corrected chi connectivity index (χ1v) is 10.1. The summed E-state index contributed by atoms with van der Waals surface area (Å²) in [6, 6.07) is 7.45. The van der Waals surface area contributed by atoms with Crippen molar-refractivity contribution >= 4 is 11.9 Å². The van der Waals surface area contributed by atoms with E-state index in [2.05, 4.69) is 15.5 Å². The second kappa shape index (κ2) is 9.51. The Kier molecular flexibility index (Phi) is 6.79. The van der Waals surface area contributed by atoms with Crippen molar-refractivity contribution in [1.29, 1.82) is 0 Å². The summed E-state index contributed by atoms with van der Waals surface area (Å²) in [5.41, 5.74) is 4.16. The molecule has 0 saturated heterocycles. The van der Waals surface area contributed by atoms with Gasteiger partial charge in [-0.1, -0.05) is 0 Å². The molecule has 2 N–H and O–H groups in total. The Hall–Kier alpha value is -3.55. The summed E-state index contributed by atoms with van der Waals surface area (Å²) in [5.74, 6) is -0.963. The number of nitrogens with zero attached hydrogens (tertiary/aromatic N) is 1. The highest BCUT2D eigenvalue weighted by Gasteiger charge is 2.39. The molecule has 0 radical (unpaired) electrons. The molecular weight excluding hydrogens is 398 g/mol. The van der Waals surface area contributed by atoms with Gasteiger partial charge in [-0.15, -0.1) is 0 Å². The van der Waals surface area contributed by atoms with Crippen molar-refractivity contribution in [3.05, 3.63) is 58.6 Å². The van der Waals surface area contributed by atoms with E-state index in [-0.39, 0.29) is 13.2 Å². The van der Waals surface area contributed by atoms with E-state index in [9.17, 15) is 9.59 Å². The number of nitrogens with one attached hydrogen (secondary N) is 2. The molecule has 3 rings (SSSR count). The van der Waals surface area contributed by atoms with Crippen LogP contribution in [0.2, 0.25) is 0 Å². The maximum absolute atomic E-state index is 12.9. The van der Waals surface area contributed by atoms with Gasteiger partial charge in [-0.3, -0.25) is 5.10 Å². The number of dihydropyridines is 1. The molecule has 0 atom stereocenters. The number of methoxy groups -OCH3 is 1. The van der Waals surface area contributed by atoms with Gasteiger partial charge in [0, 0.05) is 22.5 Å². The van der Waals surface area contributed by atoms with Crippen molar-refractivity contribution in [2.24, 2.45) is 0 Å². The number of benzene rings is 1. The number of allylic oxidation sites excluding steroid dienone is 2. The number of carbonyl (C=O) groups is 2. The number of H-pyrrole nitrogens is 1. The van der Waals surface area contributed by atoms with Gasteiger partial charge in [0.2, 0.25) is 0 Å². The molecule has 0 bridgehead atoms. The van der Waals surface area contributed by atoms with E-state index in [1.807, 2.05) is 24.3 Å². The molecule has 164 valence electrons. The Morgan fingerprint density at radius 3 is 2.00 bits per heavy atom. The number of esters is 2. The topological polar surface area (TPSA) is 103 Å². The normalized spacial score (nSPS) is 14.4. The molecule has 1 aliphatic rings. The summed E-state index contributed by atoms with van der Waals surface area (Å²) in [5, 5.41) is 10.4. The summed E-state index contributed by atoms with van der Waals surface area (Å²) in [6.45, 7) is 7.50. The van der Waals surface area contributed by atoms with Crippen molar-refractivity contribution in [1.82, 2.24) is 15.5 Å². The quantitative estimate of drug-likeness (QED) is 0.655. The molecule has 0 unspecified atom stereocenters. The Morgan fingerprint density at radius 1 is 0.968 bits per heavy atom. The third-order valence-corrected chi connectivity index (χ3v) is 5.11. The van der Waals surface area contributed by atoms with Crippen LogP contribution in [-0.4, -0.2) is 42.5 Å². The Morgan fingerprint density at radius 2 is 1.52 bits per heavy atom. The molecule has 0 fully saturated rings. The van der Waals surface area contributed by atoms with Gasteiger partial charge in [0.25, 0.3) is 0 Å². The zero-order chi connectivity index (χ0) is 22.5. The van der Waals surface area contributed by atoms with E-state index in [0.29, 0.717) is 33.8 Å². The summed E-state index contributed by atoms with van der Waals surface area (Å²) in [7, 11) is 1.60. The predicted octanol–water partition coefficient (Wildman–Crippen LogP) is 3.45. The minimum Gasteiger partial charge on any atom is -0.497 e. The van der Waals surface area contributed by atoms with Crippen molar-refractivity contribution < 1.29 is 23.8 Å². The van der Waals surface area contributed by atoms with Gasteiger partial charge in [0.15, 0.2) is 0 Å². The van der Waals surface area contributed by atoms with Gasteiger partial charge in [0.05, 0.1) is 49.3 Å². The van der Waals surface area contributed by atoms with Crippen LogP contribution in [-0.2, 0) is 19.1 Å². The Balaban J connectivity index is 2.19. The lowest BCUT2D eigenvalue weighted by molar-refractivity contribution is -0.139. The van der Waals surface area contributed by atoms with Crippen LogP contribution in [0.4, 0.5) is 0 Å². The molecule has 0 amide bonds. The largest absolute Gasteiger partial charge is 0.497 e. The van der Waals surface area contributed by atoms with Gasteiger partial charge in [-0.2, -0.15) is 5.10 Å². The highest BCUT2D eigenvalue weighted by atomic mass is 16.5. The van der Waals surface area contributed by atoms with Gasteiger partial charge >= 0.3 is 11.9 Å². The van der Waals surface area contributed by atoms with E-state index in [4.69, 9.17) is 14.2 Å². The number of aromatic nitrogens is 2. The summed E-state index contributed by atoms with van der Waals surface area (Å²) in [6.07, 6.45) is 1.63. The Labute approximate surface area is 181 Å². The predicted molar refractivity (Wildman–Crippen MR) is 115 cm³/mol. The van der Waals surface area contributed by atoms with Crippen LogP contribution >= 0.6 is 0 Å². The van der Waals surface area contributed by atoms with Crippen LogP contribution in [0.15, 0.2) is 53.0 Å². The lowest BCUT2D eigenvalue weighted by Crippen LogP contribution is -2.32. The lowest BCUT2D eigenvalue weighted by Gasteiger charge is -2.30. The van der Waals surface area contributed by atoms with Gasteiger partial charge in [-0.05, 0) is 52.0 Å². The highest BCUT2D eigenvalue weighted by Crippen LogP contribution is 2.42. The first kappa shape index (κ1) is 22.1. The van der Waals surface area contributed by atoms with E-state index < -0.39 is 17.9 Å². The molecule has 0 saturated carbocycles. The van der Waals surface area contributed by atoms with E-state index in [1.165, 1.54) is 0 Å². The highest BCUT2D eigenvalue weighted by molar-refractivity contribution is 6.00. The van der Waals surface area contributed by atoms with Gasteiger partial charge < -0.3 is 19.5 Å². The third-order valence-electron chi connectivity index (χ3n) is 5.11. The zero-order valence-electron chi connectivity index (χ0n) is 18.4. The van der Waals surface area contributed by atoms with Crippen LogP contribution in [0.25, 0.3) is 11.3 Å². The lowest BCUT2D eigenvalue weighted by atomic mass is 9.79. The Bertz CT molecular complexity index is 994. The standard InChI is InChI=1S/C23H27N3O5/c1-6-30-22(27)18-13(3)25-14(4)19(23(28)31-7-2)20(18)17-12-24-26-21(17)15-8-10-16(29-5)11-9-15/h8-12,20,25H,6-7H2,1-5H3,(H,24,26). The number of carbonyl (C=O) groups excluding carboxylic acids is 2. The van der Waals surface area contributed by atoms with Gasteiger partial charge in [0.1, 0.15) is 5.75 Å². The van der Waals surface area contributed by atoms with Crippen LogP contribution in [0.3, 0.4) is 0 Å². The molecule has 8 heteroatoms. The average molecular weight is 425 g/mol. The maximum atomic E-state index is 12.9. The van der Waals surface area contributed by atoms with E-state index in [1.54, 1.807) is 41.0 Å². The zero-order valence-corrected chi connectivity index (χ0v) is 18.4. The molecular formula is C23H27N3O5. The smallest absolute Gasteiger partial charge is 0.336 e. The van der Waals surface area contributed by atoms with Crippen LogP contribution in [0.5, 0.6) is 5.75 Å². The van der Waals surface area contributed by atoms with Crippen molar-refractivity contribution in [3.63, 3.8) is 0 Å². The fourth-order valence-electron chi connectivity index (χ4n) is 3.77. The number of rotatable bonds is 7. The van der Waals surface area contributed by atoms with Crippen LogP contribution < -0.4 is 10.1 Å². The molecule has 0 spiro atoms. The fourth-order valence-corrected chi connectivity index (χ4v) is 3.77. The van der Waals surface area contributed by atoms with Crippen molar-refractivity contribution in [2.75, 3.05) is 20.3 Å². The van der Waals surface area contributed by atoms with E-state index in [0.717, 1.165) is 11.3 Å². The van der Waals surface area contributed by atoms with E-state index >= 15 is 0 Å². The molecule has 1 aliphatic heterocycles. The monoisotopic (exact) mass is 425 g/mol. The summed E-state index contributed by atoms with van der Waals surface area (Å²) < 4.78 is 15.9. The first-order chi connectivity index (χ1) is 14.9. The summed E-state index contributed by atoms with van der Waals surface area (Å²) >= 11 is 0. The third kappa shape index (κ3) is 4.33. The number of hydrogen-bond acceptors (Lipinski definition) is 7. The van der Waals surface area contributed by atoms with Crippen LogP contribution in [0.1, 0.15) is 39.2 Å². The molecule has 2 heterocycles. The number of aromatic amines is 1. The molecule has 1 aromatic carbocycles. The van der Waals surface area contributed by atoms with Crippen molar-refractivity contribution in [2.45, 2.75) is 33.6 Å². The average Bonchev–Trinajstić information content (AvgIpc) is 3.23. The maximum Gasteiger partial charge on any atom is 0.336 e. The molecule has 31 heavy (non-hydrogen) atoms. The number of ether oxygens (including phenoxy) is 3. The SMILES string of the molecule is CCOC(=O)C1=C(C)NC(C)=C(C(=O)OCC)C1c1cn[nH]c1-c1ccc(OC)cc1. The molecule has 0 aliphatic carbocycles. The second-order valence-electron chi connectivity index (χ2n) is 7.01. The van der Waals surface area contributed by atoms with Crippen molar-refractivity contribution in [3.8, 4) is 17.0 Å².